The van der Waals surface area contributed by atoms with Gasteiger partial charge in [-0.1, -0.05) is 6.07 Å². The lowest BCUT2D eigenvalue weighted by atomic mass is 9.82. The Morgan fingerprint density at radius 3 is 2.67 bits per heavy atom. The standard InChI is InChI=1S/C22H29N5O3/c1-13-18(21(29)24-14(2)23-13)8-20(28)26-9-15-7-17(12-26)19-6-5-16(11-25(3)4)22(30)27(19)10-15/h5-6,15,17H,7-12H2,1-4H3,(H,23,24,29)/t15-,17+/m0/s1. The number of fused-ring (bicyclic) bond motifs is 4. The third kappa shape index (κ3) is 3.84. The molecule has 2 aliphatic heterocycles. The number of aromatic amines is 1. The molecule has 2 bridgehead atoms. The summed E-state index contributed by atoms with van der Waals surface area (Å²) in [5, 5.41) is 0. The summed E-state index contributed by atoms with van der Waals surface area (Å²) < 4.78 is 1.91. The second-order valence-corrected chi connectivity index (χ2v) is 8.93. The molecule has 160 valence electrons. The summed E-state index contributed by atoms with van der Waals surface area (Å²) in [7, 11) is 3.91. The molecule has 2 aromatic rings. The van der Waals surface area contributed by atoms with Crippen molar-refractivity contribution in [1.82, 2.24) is 24.3 Å². The molecule has 2 aliphatic rings. The summed E-state index contributed by atoms with van der Waals surface area (Å²) in [6, 6.07) is 3.98. The van der Waals surface area contributed by atoms with Crippen molar-refractivity contribution in [2.75, 3.05) is 27.2 Å². The molecule has 0 radical (unpaired) electrons. The quantitative estimate of drug-likeness (QED) is 0.804. The largest absolute Gasteiger partial charge is 0.341 e. The van der Waals surface area contributed by atoms with Crippen molar-refractivity contribution in [1.29, 1.82) is 0 Å². The fourth-order valence-electron chi connectivity index (χ4n) is 4.88. The number of piperidine rings is 1. The molecule has 2 atom stereocenters. The van der Waals surface area contributed by atoms with Crippen molar-refractivity contribution < 1.29 is 4.79 Å². The number of carbonyl (C=O) groups is 1. The summed E-state index contributed by atoms with van der Waals surface area (Å²) in [5.41, 5.74) is 2.71. The van der Waals surface area contributed by atoms with Crippen LogP contribution in [0.2, 0.25) is 0 Å². The summed E-state index contributed by atoms with van der Waals surface area (Å²) in [4.78, 5) is 49.1. The molecule has 2 aromatic heterocycles. The minimum atomic E-state index is -0.240. The van der Waals surface area contributed by atoms with E-state index in [1.54, 1.807) is 13.8 Å². The molecule has 0 aliphatic carbocycles. The van der Waals surface area contributed by atoms with E-state index < -0.39 is 0 Å². The number of H-pyrrole nitrogens is 1. The topological polar surface area (TPSA) is 91.3 Å². The number of nitrogens with one attached hydrogen (secondary N) is 1. The number of hydrogen-bond donors (Lipinski definition) is 1. The van der Waals surface area contributed by atoms with Gasteiger partial charge in [-0.15, -0.1) is 0 Å². The maximum atomic E-state index is 13.0. The highest BCUT2D eigenvalue weighted by Gasteiger charge is 2.36. The molecule has 0 spiro atoms. The smallest absolute Gasteiger partial charge is 0.255 e. The Kier molecular flexibility index (Phi) is 5.36. The third-order valence-corrected chi connectivity index (χ3v) is 6.19. The predicted molar refractivity (Wildman–Crippen MR) is 114 cm³/mol. The number of amides is 1. The maximum Gasteiger partial charge on any atom is 0.255 e. The summed E-state index contributed by atoms with van der Waals surface area (Å²) >= 11 is 0. The number of aryl methyl sites for hydroxylation is 2. The van der Waals surface area contributed by atoms with E-state index >= 15 is 0 Å². The van der Waals surface area contributed by atoms with Gasteiger partial charge < -0.3 is 19.4 Å². The number of hydrogen-bond acceptors (Lipinski definition) is 5. The molecule has 30 heavy (non-hydrogen) atoms. The predicted octanol–water partition coefficient (Wildman–Crippen LogP) is 0.798. The fourth-order valence-corrected chi connectivity index (χ4v) is 4.88. The molecule has 4 heterocycles. The van der Waals surface area contributed by atoms with E-state index in [0.29, 0.717) is 43.3 Å². The summed E-state index contributed by atoms with van der Waals surface area (Å²) in [6.07, 6.45) is 1.05. The van der Waals surface area contributed by atoms with Gasteiger partial charge in [0.1, 0.15) is 5.82 Å². The van der Waals surface area contributed by atoms with Gasteiger partial charge in [-0.25, -0.2) is 4.98 Å². The minimum Gasteiger partial charge on any atom is -0.341 e. The van der Waals surface area contributed by atoms with Gasteiger partial charge in [0.2, 0.25) is 5.91 Å². The van der Waals surface area contributed by atoms with E-state index in [1.165, 1.54) is 0 Å². The zero-order chi connectivity index (χ0) is 21.6. The zero-order valence-corrected chi connectivity index (χ0v) is 18.1. The number of rotatable bonds is 4. The molecule has 0 saturated carbocycles. The lowest BCUT2D eigenvalue weighted by molar-refractivity contribution is -0.133. The van der Waals surface area contributed by atoms with Crippen LogP contribution in [-0.4, -0.2) is 57.4 Å². The molecule has 0 aromatic carbocycles. The molecule has 1 amide bonds. The Morgan fingerprint density at radius 2 is 1.97 bits per heavy atom. The van der Waals surface area contributed by atoms with Crippen LogP contribution in [0.15, 0.2) is 21.7 Å². The molecule has 1 saturated heterocycles. The van der Waals surface area contributed by atoms with Crippen LogP contribution in [-0.2, 0) is 24.3 Å². The average Bonchev–Trinajstić information content (AvgIpc) is 2.66. The first-order valence-corrected chi connectivity index (χ1v) is 10.4. The minimum absolute atomic E-state index is 0.0519. The third-order valence-electron chi connectivity index (χ3n) is 6.19. The van der Waals surface area contributed by atoms with Crippen molar-refractivity contribution in [3.8, 4) is 0 Å². The second kappa shape index (κ2) is 7.83. The Morgan fingerprint density at radius 1 is 1.20 bits per heavy atom. The van der Waals surface area contributed by atoms with Crippen LogP contribution in [0.1, 0.15) is 40.7 Å². The van der Waals surface area contributed by atoms with Crippen LogP contribution in [0.25, 0.3) is 0 Å². The van der Waals surface area contributed by atoms with Crippen molar-refractivity contribution in [2.24, 2.45) is 5.92 Å². The number of likely N-dealkylation sites (tertiary alicyclic amines) is 1. The monoisotopic (exact) mass is 411 g/mol. The van der Waals surface area contributed by atoms with Gasteiger partial charge in [0.05, 0.1) is 6.42 Å². The molecule has 8 heteroatoms. The lowest BCUT2D eigenvalue weighted by Crippen LogP contribution is -2.50. The normalized spacial score (nSPS) is 20.4. The van der Waals surface area contributed by atoms with Crippen molar-refractivity contribution in [3.63, 3.8) is 0 Å². The zero-order valence-electron chi connectivity index (χ0n) is 18.1. The van der Waals surface area contributed by atoms with Crippen LogP contribution < -0.4 is 11.1 Å². The lowest BCUT2D eigenvalue weighted by Gasteiger charge is -2.43. The van der Waals surface area contributed by atoms with Crippen LogP contribution in [0.3, 0.4) is 0 Å². The van der Waals surface area contributed by atoms with Crippen molar-refractivity contribution >= 4 is 5.91 Å². The van der Waals surface area contributed by atoms with E-state index in [1.807, 2.05) is 40.6 Å². The fraction of sp³-hybridized carbons (Fsp3) is 0.545. The molecule has 8 nitrogen and oxygen atoms in total. The van der Waals surface area contributed by atoms with E-state index in [-0.39, 0.29) is 35.3 Å². The van der Waals surface area contributed by atoms with Crippen molar-refractivity contribution in [3.05, 3.63) is 61.2 Å². The Balaban J connectivity index is 1.55. The van der Waals surface area contributed by atoms with Crippen molar-refractivity contribution in [2.45, 2.75) is 45.7 Å². The van der Waals surface area contributed by atoms with Gasteiger partial charge in [0.25, 0.3) is 11.1 Å². The molecule has 1 fully saturated rings. The molecule has 1 N–H and O–H groups in total. The van der Waals surface area contributed by atoms with Gasteiger partial charge in [0, 0.05) is 54.6 Å². The number of pyridine rings is 1. The van der Waals surface area contributed by atoms with Gasteiger partial charge in [0.15, 0.2) is 0 Å². The average molecular weight is 412 g/mol. The summed E-state index contributed by atoms with van der Waals surface area (Å²) in [5.74, 6) is 0.905. The highest BCUT2D eigenvalue weighted by Crippen LogP contribution is 2.35. The number of aromatic nitrogens is 3. The first kappa shape index (κ1) is 20.5. The Hall–Kier alpha value is -2.74. The SMILES string of the molecule is Cc1nc(C)c(CC(=O)N2C[C@@H]3C[C@H](C2)c2ccc(CN(C)C)c(=O)n2C3)c(=O)[nH]1. The number of nitrogens with zero attached hydrogens (tertiary/aromatic N) is 4. The first-order valence-electron chi connectivity index (χ1n) is 10.4. The molecule has 4 rings (SSSR count). The summed E-state index contributed by atoms with van der Waals surface area (Å²) in [6.45, 7) is 5.96. The van der Waals surface area contributed by atoms with Crippen LogP contribution in [0.5, 0.6) is 0 Å². The van der Waals surface area contributed by atoms with E-state index in [2.05, 4.69) is 9.97 Å². The van der Waals surface area contributed by atoms with Crippen LogP contribution in [0.4, 0.5) is 0 Å². The molecular weight excluding hydrogens is 382 g/mol. The van der Waals surface area contributed by atoms with Crippen LogP contribution >= 0.6 is 0 Å². The second-order valence-electron chi connectivity index (χ2n) is 8.93. The van der Waals surface area contributed by atoms with Crippen LogP contribution in [0, 0.1) is 19.8 Å². The van der Waals surface area contributed by atoms with E-state index in [0.717, 1.165) is 17.7 Å². The van der Waals surface area contributed by atoms with Gasteiger partial charge in [-0.05, 0) is 46.3 Å². The molecule has 0 unspecified atom stereocenters. The maximum absolute atomic E-state index is 13.0. The Labute approximate surface area is 175 Å². The van der Waals surface area contributed by atoms with Gasteiger partial charge in [-0.3, -0.25) is 14.4 Å². The van der Waals surface area contributed by atoms with Gasteiger partial charge in [-0.2, -0.15) is 0 Å². The first-order chi connectivity index (χ1) is 14.2. The number of carbonyl (C=O) groups excluding carboxylic acids is 1. The van der Waals surface area contributed by atoms with Gasteiger partial charge >= 0.3 is 0 Å². The highest BCUT2D eigenvalue weighted by molar-refractivity contribution is 5.79. The highest BCUT2D eigenvalue weighted by atomic mass is 16.2. The molecular formula is C22H29N5O3. The Bertz CT molecular complexity index is 1100. The van der Waals surface area contributed by atoms with E-state index in [9.17, 15) is 14.4 Å². The van der Waals surface area contributed by atoms with E-state index in [4.69, 9.17) is 0 Å².